The molecule has 1 aliphatic heterocycles. The summed E-state index contributed by atoms with van der Waals surface area (Å²) in [4.78, 5) is 3.92. The number of aromatic nitrogens is 1. The number of fused-ring (bicyclic) bond motifs is 2. The van der Waals surface area contributed by atoms with Crippen LogP contribution in [-0.2, 0) is 0 Å². The number of halogens is 2. The smallest absolute Gasteiger partial charge is 0.142 e. The number of nitrogens with zero attached hydrogens (tertiary/aromatic N) is 1. The van der Waals surface area contributed by atoms with Crippen LogP contribution in [0.3, 0.4) is 0 Å². The first-order valence-electron chi connectivity index (χ1n) is 5.83. The number of allylic oxidation sites excluding steroid dienone is 1. The molecule has 1 fully saturated rings. The maximum Gasteiger partial charge on any atom is 0.142 e. The van der Waals surface area contributed by atoms with Crippen LogP contribution in [0.25, 0.3) is 5.57 Å². The monoisotopic (exact) mass is 254 g/mol. The second kappa shape index (κ2) is 5.15. The van der Waals surface area contributed by atoms with Crippen molar-refractivity contribution >= 4 is 18.0 Å². The van der Waals surface area contributed by atoms with Crippen molar-refractivity contribution in [3.05, 3.63) is 35.9 Å². The summed E-state index contributed by atoms with van der Waals surface area (Å²) in [6.07, 6.45) is 7.64. The Hall–Kier alpha value is -0.930. The minimum Gasteiger partial charge on any atom is -0.316 e. The lowest BCUT2D eigenvalue weighted by molar-refractivity contribution is 0.316. The summed E-state index contributed by atoms with van der Waals surface area (Å²) in [5, 5.41) is 3.44. The van der Waals surface area contributed by atoms with Crippen molar-refractivity contribution in [1.82, 2.24) is 10.3 Å². The Balaban J connectivity index is 0.00000108. The summed E-state index contributed by atoms with van der Waals surface area (Å²) >= 11 is 0. The minimum atomic E-state index is -0.243. The van der Waals surface area contributed by atoms with Crippen molar-refractivity contribution in [2.24, 2.45) is 11.8 Å². The van der Waals surface area contributed by atoms with E-state index in [9.17, 15) is 4.39 Å². The Labute approximate surface area is 107 Å². The number of hydrogen-bond acceptors (Lipinski definition) is 2. The molecule has 1 N–H and O–H groups in total. The maximum atomic E-state index is 13.1. The van der Waals surface area contributed by atoms with E-state index in [2.05, 4.69) is 16.4 Å². The van der Waals surface area contributed by atoms with Gasteiger partial charge in [-0.25, -0.2) is 4.39 Å². The molecule has 2 heterocycles. The highest BCUT2D eigenvalue weighted by Gasteiger charge is 2.26. The summed E-state index contributed by atoms with van der Waals surface area (Å²) in [7, 11) is 0. The van der Waals surface area contributed by atoms with Crippen molar-refractivity contribution in [2.75, 3.05) is 13.1 Å². The highest BCUT2D eigenvalue weighted by atomic mass is 35.5. The molecule has 1 aromatic heterocycles. The van der Waals surface area contributed by atoms with Crippen LogP contribution in [0.2, 0.25) is 0 Å². The van der Waals surface area contributed by atoms with Crippen LogP contribution in [0.5, 0.6) is 0 Å². The topological polar surface area (TPSA) is 24.9 Å². The lowest BCUT2D eigenvalue weighted by Gasteiger charge is -2.34. The van der Waals surface area contributed by atoms with E-state index in [0.29, 0.717) is 11.8 Å². The Morgan fingerprint density at radius 1 is 1.29 bits per heavy atom. The zero-order chi connectivity index (χ0) is 11.0. The molecule has 0 unspecified atom stereocenters. The van der Waals surface area contributed by atoms with Gasteiger partial charge in [0.15, 0.2) is 0 Å². The van der Waals surface area contributed by atoms with Gasteiger partial charge < -0.3 is 5.32 Å². The van der Waals surface area contributed by atoms with Gasteiger partial charge in [-0.2, -0.15) is 0 Å². The molecule has 2 aliphatic rings. The Bertz CT molecular complexity index is 433. The summed E-state index contributed by atoms with van der Waals surface area (Å²) < 4.78 is 13.1. The molecule has 3 rings (SSSR count). The van der Waals surface area contributed by atoms with Crippen LogP contribution in [0.4, 0.5) is 4.39 Å². The first kappa shape index (κ1) is 12.5. The third-order valence-corrected chi connectivity index (χ3v) is 3.50. The molecule has 2 bridgehead atoms. The van der Waals surface area contributed by atoms with Gasteiger partial charge in [0.2, 0.25) is 0 Å². The van der Waals surface area contributed by atoms with Gasteiger partial charge in [-0.05, 0) is 48.4 Å². The maximum absolute atomic E-state index is 13.1. The van der Waals surface area contributed by atoms with Crippen LogP contribution in [0, 0.1) is 17.7 Å². The highest BCUT2D eigenvalue weighted by Crippen LogP contribution is 2.35. The predicted molar refractivity (Wildman–Crippen MR) is 68.5 cm³/mol. The molecule has 0 amide bonds. The predicted octanol–water partition coefficient (Wildman–Crippen LogP) is 2.66. The quantitative estimate of drug-likeness (QED) is 0.834. The third kappa shape index (κ3) is 2.67. The van der Waals surface area contributed by atoms with Gasteiger partial charge >= 0.3 is 0 Å². The standard InChI is InChI=1S/C13H15FN2.ClH/c14-13-4-12(7-16-8-13)11-2-9-1-10(3-11)6-15-5-9;/h2,4,7-10,15H,1,3,5-6H2;1H/t9-,10+;/m1./s1. The fourth-order valence-corrected chi connectivity index (χ4v) is 2.82. The molecule has 1 saturated heterocycles. The van der Waals surface area contributed by atoms with Crippen LogP contribution in [0.15, 0.2) is 24.5 Å². The molecule has 2 atom stereocenters. The molecule has 0 spiro atoms. The molecule has 0 saturated carbocycles. The van der Waals surface area contributed by atoms with E-state index in [4.69, 9.17) is 0 Å². The van der Waals surface area contributed by atoms with E-state index in [-0.39, 0.29) is 18.2 Å². The number of nitrogens with one attached hydrogen (secondary N) is 1. The minimum absolute atomic E-state index is 0. The van der Waals surface area contributed by atoms with E-state index in [0.717, 1.165) is 25.1 Å². The fourth-order valence-electron chi connectivity index (χ4n) is 2.82. The number of hydrogen-bond donors (Lipinski definition) is 1. The normalized spacial score (nSPS) is 27.0. The van der Waals surface area contributed by atoms with Crippen LogP contribution in [-0.4, -0.2) is 18.1 Å². The lowest BCUT2D eigenvalue weighted by atomic mass is 9.78. The Morgan fingerprint density at radius 2 is 2.18 bits per heavy atom. The Morgan fingerprint density at radius 3 is 2.94 bits per heavy atom. The van der Waals surface area contributed by atoms with Gasteiger partial charge in [-0.15, -0.1) is 12.4 Å². The summed E-state index contributed by atoms with van der Waals surface area (Å²) in [6, 6.07) is 1.59. The van der Waals surface area contributed by atoms with Gasteiger partial charge in [-0.3, -0.25) is 4.98 Å². The number of piperidine rings is 1. The molecular weight excluding hydrogens is 239 g/mol. The summed E-state index contributed by atoms with van der Waals surface area (Å²) in [6.45, 7) is 2.15. The van der Waals surface area contributed by atoms with Gasteiger partial charge in [0, 0.05) is 12.7 Å². The number of pyridine rings is 1. The van der Waals surface area contributed by atoms with Gasteiger partial charge in [0.25, 0.3) is 0 Å². The fraction of sp³-hybridized carbons (Fsp3) is 0.462. The summed E-state index contributed by atoms with van der Waals surface area (Å²) in [5.74, 6) is 1.08. The zero-order valence-electron chi connectivity index (χ0n) is 9.53. The van der Waals surface area contributed by atoms with Crippen molar-refractivity contribution in [3.8, 4) is 0 Å². The first-order valence-corrected chi connectivity index (χ1v) is 5.83. The molecule has 0 aromatic carbocycles. The molecule has 1 aromatic rings. The molecule has 1 aliphatic carbocycles. The van der Waals surface area contributed by atoms with Crippen LogP contribution >= 0.6 is 12.4 Å². The Kier molecular flexibility index (Phi) is 3.79. The van der Waals surface area contributed by atoms with E-state index < -0.39 is 0 Å². The van der Waals surface area contributed by atoms with E-state index in [1.54, 1.807) is 12.3 Å². The highest BCUT2D eigenvalue weighted by molar-refractivity contribution is 5.85. The second-order valence-corrected chi connectivity index (χ2v) is 4.81. The molecular formula is C13H16ClFN2. The van der Waals surface area contributed by atoms with Crippen LogP contribution < -0.4 is 5.32 Å². The molecule has 17 heavy (non-hydrogen) atoms. The number of rotatable bonds is 1. The molecule has 92 valence electrons. The second-order valence-electron chi connectivity index (χ2n) is 4.81. The third-order valence-electron chi connectivity index (χ3n) is 3.50. The largest absolute Gasteiger partial charge is 0.316 e. The first-order chi connectivity index (χ1) is 7.81. The zero-order valence-corrected chi connectivity index (χ0v) is 10.3. The van der Waals surface area contributed by atoms with Gasteiger partial charge in [0.05, 0.1) is 6.20 Å². The average Bonchev–Trinajstić information content (AvgIpc) is 2.28. The molecule has 4 heteroatoms. The van der Waals surface area contributed by atoms with E-state index in [1.807, 2.05) is 0 Å². The molecule has 0 radical (unpaired) electrons. The van der Waals surface area contributed by atoms with E-state index >= 15 is 0 Å². The average molecular weight is 255 g/mol. The SMILES string of the molecule is Cl.Fc1cncc(C2=C[C@@H]3CNC[C@H](C2)C3)c1. The van der Waals surface area contributed by atoms with Crippen molar-refractivity contribution in [3.63, 3.8) is 0 Å². The van der Waals surface area contributed by atoms with E-state index in [1.165, 1.54) is 18.2 Å². The van der Waals surface area contributed by atoms with Crippen LogP contribution in [0.1, 0.15) is 18.4 Å². The van der Waals surface area contributed by atoms with Crippen molar-refractivity contribution < 1.29 is 4.39 Å². The molecule has 2 nitrogen and oxygen atoms in total. The lowest BCUT2D eigenvalue weighted by Crippen LogP contribution is -2.37. The van der Waals surface area contributed by atoms with Crippen molar-refractivity contribution in [1.29, 1.82) is 0 Å². The summed E-state index contributed by atoms with van der Waals surface area (Å²) in [5.41, 5.74) is 2.23. The van der Waals surface area contributed by atoms with Gasteiger partial charge in [0.1, 0.15) is 5.82 Å². The van der Waals surface area contributed by atoms with Crippen molar-refractivity contribution in [2.45, 2.75) is 12.8 Å². The van der Waals surface area contributed by atoms with Gasteiger partial charge in [-0.1, -0.05) is 6.08 Å².